The van der Waals surface area contributed by atoms with Crippen molar-refractivity contribution in [2.75, 3.05) is 37.7 Å². The number of hydrogen-bond donors (Lipinski definition) is 1. The van der Waals surface area contributed by atoms with Crippen molar-refractivity contribution in [2.24, 2.45) is 11.3 Å². The first-order valence-electron chi connectivity index (χ1n) is 15.0. The van der Waals surface area contributed by atoms with Crippen LogP contribution < -0.4 is 9.64 Å². The van der Waals surface area contributed by atoms with Gasteiger partial charge in [-0.1, -0.05) is 23.8 Å². The lowest BCUT2D eigenvalue weighted by Gasteiger charge is -2.38. The lowest BCUT2D eigenvalue weighted by atomic mass is 9.92. The van der Waals surface area contributed by atoms with E-state index in [0.717, 1.165) is 74.4 Å². The molecule has 216 valence electrons. The Labute approximate surface area is 246 Å². The molecule has 1 aliphatic carbocycles. The monoisotopic (exact) mass is 573 g/mol. The van der Waals surface area contributed by atoms with Crippen LogP contribution in [0, 0.1) is 25.2 Å². The normalized spacial score (nSPS) is 25.9. The molecular formula is C33H39N3O4S. The van der Waals surface area contributed by atoms with Gasteiger partial charge in [-0.25, -0.2) is 4.98 Å². The van der Waals surface area contributed by atoms with Crippen LogP contribution in [0.2, 0.25) is 0 Å². The van der Waals surface area contributed by atoms with Crippen molar-refractivity contribution in [1.29, 1.82) is 0 Å². The second-order valence-corrected chi connectivity index (χ2v) is 13.3. The predicted octanol–water partition coefficient (Wildman–Crippen LogP) is 5.84. The zero-order valence-electron chi connectivity index (χ0n) is 24.0. The van der Waals surface area contributed by atoms with Crippen LogP contribution in [0.3, 0.4) is 0 Å². The number of carboxylic acids is 1. The van der Waals surface area contributed by atoms with E-state index in [1.54, 1.807) is 11.3 Å². The maximum absolute atomic E-state index is 11.7. The minimum absolute atomic E-state index is 0.239. The van der Waals surface area contributed by atoms with Crippen molar-refractivity contribution >= 4 is 22.4 Å². The third-order valence-corrected chi connectivity index (χ3v) is 10.7. The fraction of sp³-hybridized carbons (Fsp3) is 0.515. The molecule has 3 fully saturated rings. The molecule has 4 heterocycles. The minimum Gasteiger partial charge on any atom is -0.488 e. The Morgan fingerprint density at radius 1 is 1.24 bits per heavy atom. The highest BCUT2D eigenvalue weighted by Gasteiger charge is 2.62. The second kappa shape index (κ2) is 10.7. The summed E-state index contributed by atoms with van der Waals surface area (Å²) in [5.74, 6) is 0.453. The van der Waals surface area contributed by atoms with Gasteiger partial charge in [0.2, 0.25) is 0 Å². The van der Waals surface area contributed by atoms with Crippen molar-refractivity contribution in [3.8, 4) is 17.0 Å². The van der Waals surface area contributed by atoms with Gasteiger partial charge in [0.1, 0.15) is 12.4 Å². The molecule has 0 spiro atoms. The van der Waals surface area contributed by atoms with Gasteiger partial charge in [0, 0.05) is 49.8 Å². The SMILES string of the molecule is Cc1ccc(OCc2cc(C)c3c(c2)CCN(C2CCCOC2)C3)c(-c2csc(N3CC[C@@]4(C(=O)O)C[C@H]4C3)n2)c1. The van der Waals surface area contributed by atoms with Crippen LogP contribution in [-0.2, 0) is 29.1 Å². The predicted molar refractivity (Wildman–Crippen MR) is 161 cm³/mol. The summed E-state index contributed by atoms with van der Waals surface area (Å²) in [6.07, 6.45) is 4.97. The first-order valence-corrected chi connectivity index (χ1v) is 15.9. The number of ether oxygens (including phenoxy) is 2. The van der Waals surface area contributed by atoms with E-state index < -0.39 is 11.4 Å². The largest absolute Gasteiger partial charge is 0.488 e. The number of anilines is 1. The Morgan fingerprint density at radius 2 is 2.15 bits per heavy atom. The van der Waals surface area contributed by atoms with Crippen molar-refractivity contribution in [1.82, 2.24) is 9.88 Å². The number of thiazole rings is 1. The number of rotatable bonds is 7. The summed E-state index contributed by atoms with van der Waals surface area (Å²) < 4.78 is 12.2. The molecule has 41 heavy (non-hydrogen) atoms. The number of carboxylic acid groups (broad SMARTS) is 1. The zero-order chi connectivity index (χ0) is 28.1. The standard InChI is InChI=1S/C33H39N3O4S/c1-21-5-6-30(27(12-21)29-20-41-32(34-29)36-10-8-33(31(37)38)15-25(33)16-36)40-18-23-13-22(2)28-17-35(9-7-24(28)14-23)26-4-3-11-39-19-26/h5-6,12-14,20,25-26H,3-4,7-11,15-19H2,1-2H3,(H,37,38)/t25-,26?,33+/m0/s1. The zero-order valence-corrected chi connectivity index (χ0v) is 24.8. The number of aryl methyl sites for hydroxylation is 2. The van der Waals surface area contributed by atoms with Crippen LogP contribution in [0.25, 0.3) is 11.3 Å². The quantitative estimate of drug-likeness (QED) is 0.380. The van der Waals surface area contributed by atoms with E-state index in [1.807, 2.05) is 0 Å². The fourth-order valence-electron chi connectivity index (χ4n) is 7.20. The number of piperidine rings is 1. The second-order valence-electron chi connectivity index (χ2n) is 12.5. The van der Waals surface area contributed by atoms with Crippen LogP contribution in [0.15, 0.2) is 35.7 Å². The van der Waals surface area contributed by atoms with Crippen LogP contribution in [0.1, 0.15) is 53.5 Å². The molecule has 2 aromatic carbocycles. The Hall–Kier alpha value is -2.94. The third-order valence-electron chi connectivity index (χ3n) is 9.80. The van der Waals surface area contributed by atoms with E-state index in [1.165, 1.54) is 40.7 Å². The smallest absolute Gasteiger partial charge is 0.310 e. The van der Waals surface area contributed by atoms with Gasteiger partial charge in [-0.3, -0.25) is 9.69 Å². The molecule has 3 aromatic rings. The number of carbonyl (C=O) groups is 1. The van der Waals surface area contributed by atoms with Crippen LogP contribution in [0.5, 0.6) is 5.75 Å². The highest BCUT2D eigenvalue weighted by molar-refractivity contribution is 7.14. The molecule has 1 N–H and O–H groups in total. The molecule has 0 bridgehead atoms. The molecule has 2 saturated heterocycles. The summed E-state index contributed by atoms with van der Waals surface area (Å²) in [6, 6.07) is 11.5. The average Bonchev–Trinajstić information content (AvgIpc) is 3.54. The molecule has 7 rings (SSSR count). The summed E-state index contributed by atoms with van der Waals surface area (Å²) in [6.45, 7) is 10.3. The van der Waals surface area contributed by atoms with Crippen molar-refractivity contribution in [2.45, 2.75) is 65.1 Å². The summed E-state index contributed by atoms with van der Waals surface area (Å²) >= 11 is 1.64. The Kier molecular flexibility index (Phi) is 7.04. The number of hydrogen-bond acceptors (Lipinski definition) is 7. The third kappa shape index (κ3) is 5.15. The fourth-order valence-corrected chi connectivity index (χ4v) is 8.06. The van der Waals surface area contributed by atoms with Crippen LogP contribution in [-0.4, -0.2) is 59.8 Å². The molecular weight excluding hydrogens is 534 g/mol. The van der Waals surface area contributed by atoms with E-state index in [0.29, 0.717) is 19.1 Å². The van der Waals surface area contributed by atoms with E-state index in [4.69, 9.17) is 14.5 Å². The lowest BCUT2D eigenvalue weighted by Crippen LogP contribution is -2.44. The number of aliphatic carboxylic acids is 1. The first-order chi connectivity index (χ1) is 19.9. The topological polar surface area (TPSA) is 75.1 Å². The molecule has 0 radical (unpaired) electrons. The highest BCUT2D eigenvalue weighted by atomic mass is 32.1. The average molecular weight is 574 g/mol. The number of aromatic nitrogens is 1. The molecule has 8 heteroatoms. The van der Waals surface area contributed by atoms with Gasteiger partial charge in [-0.05, 0) is 86.3 Å². The van der Waals surface area contributed by atoms with Gasteiger partial charge >= 0.3 is 5.97 Å². The maximum atomic E-state index is 11.7. The molecule has 1 aromatic heterocycles. The Bertz CT molecular complexity index is 1460. The van der Waals surface area contributed by atoms with Crippen LogP contribution in [0.4, 0.5) is 5.13 Å². The maximum Gasteiger partial charge on any atom is 0.310 e. The number of nitrogens with zero attached hydrogens (tertiary/aromatic N) is 3. The van der Waals surface area contributed by atoms with Crippen molar-refractivity contribution in [3.05, 3.63) is 63.5 Å². The minimum atomic E-state index is -0.630. The van der Waals surface area contributed by atoms with Gasteiger partial charge in [0.15, 0.2) is 5.13 Å². The molecule has 3 aliphatic heterocycles. The molecule has 1 unspecified atom stereocenters. The summed E-state index contributed by atoms with van der Waals surface area (Å²) in [5, 5.41) is 12.7. The molecule has 1 saturated carbocycles. The van der Waals surface area contributed by atoms with Crippen LogP contribution >= 0.6 is 11.3 Å². The van der Waals surface area contributed by atoms with Gasteiger partial charge in [-0.15, -0.1) is 11.3 Å². The van der Waals surface area contributed by atoms with Crippen molar-refractivity contribution < 1.29 is 19.4 Å². The van der Waals surface area contributed by atoms with Gasteiger partial charge < -0.3 is 19.5 Å². The van der Waals surface area contributed by atoms with E-state index in [9.17, 15) is 9.90 Å². The van der Waals surface area contributed by atoms with Gasteiger partial charge in [-0.2, -0.15) is 0 Å². The van der Waals surface area contributed by atoms with E-state index in [-0.39, 0.29) is 5.92 Å². The lowest BCUT2D eigenvalue weighted by molar-refractivity contribution is -0.144. The first kappa shape index (κ1) is 26.9. The van der Waals surface area contributed by atoms with Gasteiger partial charge in [0.25, 0.3) is 0 Å². The number of fused-ring (bicyclic) bond motifs is 2. The highest BCUT2D eigenvalue weighted by Crippen LogP contribution is 2.58. The van der Waals surface area contributed by atoms with E-state index >= 15 is 0 Å². The number of benzene rings is 2. The molecule has 4 aliphatic rings. The molecule has 3 atom stereocenters. The summed E-state index contributed by atoms with van der Waals surface area (Å²) in [5.41, 5.74) is 8.10. The Morgan fingerprint density at radius 3 is 2.95 bits per heavy atom. The summed E-state index contributed by atoms with van der Waals surface area (Å²) in [7, 11) is 0. The van der Waals surface area contributed by atoms with Crippen molar-refractivity contribution in [3.63, 3.8) is 0 Å². The molecule has 0 amide bonds. The summed E-state index contributed by atoms with van der Waals surface area (Å²) in [4.78, 5) is 21.6. The van der Waals surface area contributed by atoms with Gasteiger partial charge in [0.05, 0.1) is 17.7 Å². The molecule has 7 nitrogen and oxygen atoms in total. The van der Waals surface area contributed by atoms with E-state index in [2.05, 4.69) is 59.4 Å². The Balaban J connectivity index is 1.05.